The van der Waals surface area contributed by atoms with E-state index >= 15 is 0 Å². The maximum Gasteiger partial charge on any atom is 0.224 e. The van der Waals surface area contributed by atoms with Crippen molar-refractivity contribution in [2.45, 2.75) is 13.3 Å². The van der Waals surface area contributed by atoms with E-state index in [1.54, 1.807) is 12.1 Å². The lowest BCUT2D eigenvalue weighted by atomic mass is 10.1. The van der Waals surface area contributed by atoms with Crippen LogP contribution in [0.1, 0.15) is 13.3 Å². The third kappa shape index (κ3) is 3.97. The van der Waals surface area contributed by atoms with Crippen LogP contribution in [-0.4, -0.2) is 10.9 Å². The van der Waals surface area contributed by atoms with E-state index in [-0.39, 0.29) is 11.7 Å². The Kier molecular flexibility index (Phi) is 4.86. The second kappa shape index (κ2) is 7.23. The van der Waals surface area contributed by atoms with Gasteiger partial charge in [0.25, 0.3) is 0 Å². The summed E-state index contributed by atoms with van der Waals surface area (Å²) in [5.74, 6) is -0.306. The van der Waals surface area contributed by atoms with Crippen LogP contribution < -0.4 is 10.6 Å². The molecule has 0 atom stereocenters. The molecule has 0 saturated carbocycles. The minimum Gasteiger partial charge on any atom is -0.331 e. The summed E-state index contributed by atoms with van der Waals surface area (Å²) in [5.41, 5.74) is 3.20. The van der Waals surface area contributed by atoms with E-state index in [0.29, 0.717) is 17.2 Å². The molecule has 1 aromatic heterocycles. The van der Waals surface area contributed by atoms with Crippen LogP contribution in [0.3, 0.4) is 0 Å². The Balaban J connectivity index is 1.72. The van der Waals surface area contributed by atoms with Crippen LogP contribution in [0.15, 0.2) is 53.9 Å². The first kappa shape index (κ1) is 16.1. The normalized spacial score (nSPS) is 10.4. The summed E-state index contributed by atoms with van der Waals surface area (Å²) in [5, 5.41) is 8.52. The van der Waals surface area contributed by atoms with Gasteiger partial charge in [-0.2, -0.15) is 0 Å². The molecular weight excluding hydrogens is 325 g/mol. The number of carbonyl (C=O) groups excluding carboxylic acids is 1. The van der Waals surface area contributed by atoms with Gasteiger partial charge >= 0.3 is 0 Å². The van der Waals surface area contributed by atoms with Crippen molar-refractivity contribution in [2.75, 3.05) is 10.6 Å². The van der Waals surface area contributed by atoms with Crippen LogP contribution >= 0.6 is 11.3 Å². The number of carbonyl (C=O) groups is 1. The fraction of sp³-hybridized carbons (Fsp3) is 0.111. The topological polar surface area (TPSA) is 54.0 Å². The molecule has 2 aromatic carbocycles. The van der Waals surface area contributed by atoms with Crippen molar-refractivity contribution >= 4 is 33.8 Å². The largest absolute Gasteiger partial charge is 0.331 e. The number of halogens is 1. The second-order valence-electron chi connectivity index (χ2n) is 5.15. The SMILES string of the molecule is CCC(=O)Nc1ccc(-c2csc(Nc3cccc(F)c3)n2)cc1. The zero-order valence-corrected chi connectivity index (χ0v) is 13.9. The number of hydrogen-bond donors (Lipinski definition) is 2. The number of nitrogens with one attached hydrogen (secondary N) is 2. The molecule has 4 nitrogen and oxygen atoms in total. The third-order valence-corrected chi connectivity index (χ3v) is 4.12. The van der Waals surface area contributed by atoms with Crippen LogP contribution in [0, 0.1) is 5.82 Å². The van der Waals surface area contributed by atoms with Gasteiger partial charge in [0, 0.05) is 28.7 Å². The van der Waals surface area contributed by atoms with Crippen molar-refractivity contribution < 1.29 is 9.18 Å². The number of aromatic nitrogens is 1. The van der Waals surface area contributed by atoms with E-state index in [1.807, 2.05) is 36.6 Å². The van der Waals surface area contributed by atoms with Crippen LogP contribution in [-0.2, 0) is 4.79 Å². The lowest BCUT2D eigenvalue weighted by Gasteiger charge is -2.04. The standard InChI is InChI=1S/C18H16FN3OS/c1-2-17(23)20-14-8-6-12(7-9-14)16-11-24-18(22-16)21-15-5-3-4-13(19)10-15/h3-11H,2H2,1H3,(H,20,23)(H,21,22). The van der Waals surface area contributed by atoms with Crippen LogP contribution in [0.2, 0.25) is 0 Å². The Hall–Kier alpha value is -2.73. The van der Waals surface area contributed by atoms with Gasteiger partial charge in [-0.05, 0) is 30.3 Å². The van der Waals surface area contributed by atoms with Gasteiger partial charge in [0.15, 0.2) is 5.13 Å². The minimum atomic E-state index is -0.290. The smallest absolute Gasteiger partial charge is 0.224 e. The van der Waals surface area contributed by atoms with Gasteiger partial charge in [0.1, 0.15) is 5.82 Å². The number of benzene rings is 2. The molecule has 0 aliphatic carbocycles. The highest BCUT2D eigenvalue weighted by Gasteiger charge is 2.06. The van der Waals surface area contributed by atoms with Gasteiger partial charge in [-0.25, -0.2) is 9.37 Å². The van der Waals surface area contributed by atoms with Crippen molar-refractivity contribution in [1.29, 1.82) is 0 Å². The monoisotopic (exact) mass is 341 g/mol. The molecule has 0 aliphatic rings. The first-order valence-electron chi connectivity index (χ1n) is 7.52. The van der Waals surface area contributed by atoms with Gasteiger partial charge in [-0.15, -0.1) is 11.3 Å². The van der Waals surface area contributed by atoms with Crippen molar-refractivity contribution in [1.82, 2.24) is 4.98 Å². The van der Waals surface area contributed by atoms with Crippen LogP contribution in [0.4, 0.5) is 20.9 Å². The molecule has 1 heterocycles. The lowest BCUT2D eigenvalue weighted by Crippen LogP contribution is -2.08. The maximum absolute atomic E-state index is 13.2. The first-order valence-corrected chi connectivity index (χ1v) is 8.40. The predicted octanol–water partition coefficient (Wildman–Crippen LogP) is 5.04. The fourth-order valence-electron chi connectivity index (χ4n) is 2.13. The number of nitrogens with zero attached hydrogens (tertiary/aromatic N) is 1. The Morgan fingerprint density at radius 1 is 1.17 bits per heavy atom. The molecular formula is C18H16FN3OS. The first-order chi connectivity index (χ1) is 11.6. The molecule has 0 aliphatic heterocycles. The average Bonchev–Trinajstić information content (AvgIpc) is 3.04. The summed E-state index contributed by atoms with van der Waals surface area (Å²) < 4.78 is 13.2. The lowest BCUT2D eigenvalue weighted by molar-refractivity contribution is -0.115. The maximum atomic E-state index is 13.2. The Morgan fingerprint density at radius 3 is 2.67 bits per heavy atom. The van der Waals surface area contributed by atoms with E-state index < -0.39 is 0 Å². The molecule has 3 aromatic rings. The molecule has 24 heavy (non-hydrogen) atoms. The van der Waals surface area contributed by atoms with Gasteiger partial charge in [0.2, 0.25) is 5.91 Å². The fourth-order valence-corrected chi connectivity index (χ4v) is 2.87. The summed E-state index contributed by atoms with van der Waals surface area (Å²) >= 11 is 1.45. The minimum absolute atomic E-state index is 0.0158. The van der Waals surface area contributed by atoms with Crippen molar-refractivity contribution in [3.05, 3.63) is 59.7 Å². The molecule has 3 rings (SSSR count). The molecule has 0 saturated heterocycles. The van der Waals surface area contributed by atoms with E-state index in [1.165, 1.54) is 23.5 Å². The highest BCUT2D eigenvalue weighted by Crippen LogP contribution is 2.28. The van der Waals surface area contributed by atoms with E-state index in [0.717, 1.165) is 16.9 Å². The molecule has 6 heteroatoms. The van der Waals surface area contributed by atoms with Crippen LogP contribution in [0.25, 0.3) is 11.3 Å². The molecule has 1 amide bonds. The number of rotatable bonds is 5. The summed E-state index contributed by atoms with van der Waals surface area (Å²) in [7, 11) is 0. The van der Waals surface area contributed by atoms with Gasteiger partial charge in [-0.3, -0.25) is 4.79 Å². The molecule has 0 fully saturated rings. The predicted molar refractivity (Wildman–Crippen MR) is 96.2 cm³/mol. The summed E-state index contributed by atoms with van der Waals surface area (Å²) in [6.45, 7) is 1.81. The molecule has 0 spiro atoms. The number of anilines is 3. The molecule has 122 valence electrons. The van der Waals surface area contributed by atoms with Crippen molar-refractivity contribution in [3.8, 4) is 11.3 Å². The third-order valence-electron chi connectivity index (χ3n) is 3.37. The average molecular weight is 341 g/mol. The Labute approximate surface area is 143 Å². The highest BCUT2D eigenvalue weighted by molar-refractivity contribution is 7.14. The number of amides is 1. The van der Waals surface area contributed by atoms with Gasteiger partial charge < -0.3 is 10.6 Å². The number of thiazole rings is 1. The summed E-state index contributed by atoms with van der Waals surface area (Å²) in [4.78, 5) is 15.9. The van der Waals surface area contributed by atoms with Gasteiger partial charge in [0.05, 0.1) is 5.69 Å². The number of hydrogen-bond acceptors (Lipinski definition) is 4. The molecule has 0 bridgehead atoms. The quantitative estimate of drug-likeness (QED) is 0.683. The van der Waals surface area contributed by atoms with Crippen molar-refractivity contribution in [2.24, 2.45) is 0 Å². The summed E-state index contributed by atoms with van der Waals surface area (Å²) in [6.07, 6.45) is 0.447. The summed E-state index contributed by atoms with van der Waals surface area (Å²) in [6, 6.07) is 13.8. The van der Waals surface area contributed by atoms with E-state index in [2.05, 4.69) is 15.6 Å². The van der Waals surface area contributed by atoms with Crippen molar-refractivity contribution in [3.63, 3.8) is 0 Å². The van der Waals surface area contributed by atoms with E-state index in [4.69, 9.17) is 0 Å². The Bertz CT molecular complexity index is 845. The second-order valence-corrected chi connectivity index (χ2v) is 6.01. The molecule has 2 N–H and O–H groups in total. The van der Waals surface area contributed by atoms with Gasteiger partial charge in [-0.1, -0.05) is 25.1 Å². The highest BCUT2D eigenvalue weighted by atomic mass is 32.1. The zero-order chi connectivity index (χ0) is 16.9. The zero-order valence-electron chi connectivity index (χ0n) is 13.0. The Morgan fingerprint density at radius 2 is 1.96 bits per heavy atom. The molecule has 0 unspecified atom stereocenters. The van der Waals surface area contributed by atoms with E-state index in [9.17, 15) is 9.18 Å². The van der Waals surface area contributed by atoms with Crippen LogP contribution in [0.5, 0.6) is 0 Å². The molecule has 0 radical (unpaired) electrons.